The number of fused-ring (bicyclic) bond motifs is 1. The molecule has 0 saturated heterocycles. The van der Waals surface area contributed by atoms with Gasteiger partial charge in [-0.25, -0.2) is 8.42 Å². The zero-order valence-corrected chi connectivity index (χ0v) is 20.9. The summed E-state index contributed by atoms with van der Waals surface area (Å²) in [6, 6.07) is 18.8. The summed E-state index contributed by atoms with van der Waals surface area (Å²) in [6.07, 6.45) is 1.07. The molecule has 0 aliphatic heterocycles. The van der Waals surface area contributed by atoms with E-state index in [1.54, 1.807) is 50.2 Å². The van der Waals surface area contributed by atoms with E-state index in [4.69, 9.17) is 11.6 Å². The zero-order chi connectivity index (χ0) is 24.9. The summed E-state index contributed by atoms with van der Waals surface area (Å²) in [6.45, 7) is 3.48. The van der Waals surface area contributed by atoms with Crippen LogP contribution < -0.4 is 9.62 Å². The second-order valence-electron chi connectivity index (χ2n) is 7.99. The van der Waals surface area contributed by atoms with Gasteiger partial charge in [0.05, 0.1) is 11.9 Å². The summed E-state index contributed by atoms with van der Waals surface area (Å²) in [7, 11) is -3.81. The van der Waals surface area contributed by atoms with E-state index in [0.29, 0.717) is 22.6 Å². The van der Waals surface area contributed by atoms with E-state index in [0.717, 1.165) is 21.5 Å². The zero-order valence-electron chi connectivity index (χ0n) is 19.4. The lowest BCUT2D eigenvalue weighted by atomic mass is 10.1. The smallest absolute Gasteiger partial charge is 0.244 e. The van der Waals surface area contributed by atoms with Crippen molar-refractivity contribution in [3.8, 4) is 0 Å². The first-order valence-corrected chi connectivity index (χ1v) is 13.1. The van der Waals surface area contributed by atoms with Crippen LogP contribution in [-0.2, 0) is 26.2 Å². The number of carbonyl (C=O) groups is 2. The van der Waals surface area contributed by atoms with Crippen LogP contribution in [0.5, 0.6) is 0 Å². The third-order valence-corrected chi connectivity index (χ3v) is 6.84. The summed E-state index contributed by atoms with van der Waals surface area (Å²) in [5.74, 6) is -0.828. The molecule has 1 N–H and O–H groups in total. The molecule has 7 nitrogen and oxygen atoms in total. The van der Waals surface area contributed by atoms with Gasteiger partial charge in [-0.05, 0) is 43.0 Å². The summed E-state index contributed by atoms with van der Waals surface area (Å²) >= 11 is 6.11. The van der Waals surface area contributed by atoms with Crippen LogP contribution in [0.25, 0.3) is 10.8 Å². The maximum atomic E-state index is 13.6. The molecule has 0 bridgehead atoms. The van der Waals surface area contributed by atoms with E-state index >= 15 is 0 Å². The standard InChI is InChI=1S/C25H28ClN3O4S/c1-4-27-25(31)18(2)28(16-19-9-7-12-21(26)15-19)24(30)17-29(34(3,32)33)23-14-8-11-20-10-5-6-13-22(20)23/h5-15,18H,4,16-17H2,1-3H3,(H,27,31)/t18-/m1/s1. The lowest BCUT2D eigenvalue weighted by molar-refractivity contribution is -0.139. The molecule has 0 radical (unpaired) electrons. The quantitative estimate of drug-likeness (QED) is 0.483. The first-order valence-electron chi connectivity index (χ1n) is 10.9. The van der Waals surface area contributed by atoms with Crippen molar-refractivity contribution in [1.82, 2.24) is 10.2 Å². The van der Waals surface area contributed by atoms with Crippen LogP contribution in [0, 0.1) is 0 Å². The highest BCUT2D eigenvalue weighted by Gasteiger charge is 2.30. The highest BCUT2D eigenvalue weighted by atomic mass is 35.5. The summed E-state index contributed by atoms with van der Waals surface area (Å²) in [5.41, 5.74) is 1.13. The van der Waals surface area contributed by atoms with E-state index in [1.807, 2.05) is 30.3 Å². The number of hydrogen-bond donors (Lipinski definition) is 1. The Morgan fingerprint density at radius 1 is 1.03 bits per heavy atom. The Hall–Kier alpha value is -3.10. The van der Waals surface area contributed by atoms with Gasteiger partial charge < -0.3 is 10.2 Å². The topological polar surface area (TPSA) is 86.8 Å². The molecule has 9 heteroatoms. The fourth-order valence-electron chi connectivity index (χ4n) is 3.76. The lowest BCUT2D eigenvalue weighted by Crippen LogP contribution is -2.51. The van der Waals surface area contributed by atoms with Crippen molar-refractivity contribution < 1.29 is 18.0 Å². The van der Waals surface area contributed by atoms with Gasteiger partial charge >= 0.3 is 0 Å². The Morgan fingerprint density at radius 2 is 1.71 bits per heavy atom. The highest BCUT2D eigenvalue weighted by molar-refractivity contribution is 7.92. The molecule has 2 amide bonds. The normalized spacial score (nSPS) is 12.2. The fourth-order valence-corrected chi connectivity index (χ4v) is 4.83. The van der Waals surface area contributed by atoms with Crippen LogP contribution in [0.2, 0.25) is 5.02 Å². The molecule has 3 rings (SSSR count). The summed E-state index contributed by atoms with van der Waals surface area (Å²) in [5, 5.41) is 4.79. The molecule has 0 heterocycles. The van der Waals surface area contributed by atoms with Gasteiger partial charge in [0.2, 0.25) is 21.8 Å². The van der Waals surface area contributed by atoms with Gasteiger partial charge in [-0.3, -0.25) is 13.9 Å². The molecule has 0 aliphatic carbocycles. The molecule has 0 fully saturated rings. The van der Waals surface area contributed by atoms with Crippen molar-refractivity contribution in [2.45, 2.75) is 26.4 Å². The molecule has 0 aromatic heterocycles. The first-order chi connectivity index (χ1) is 16.1. The maximum Gasteiger partial charge on any atom is 0.244 e. The van der Waals surface area contributed by atoms with Gasteiger partial charge in [-0.1, -0.05) is 60.1 Å². The van der Waals surface area contributed by atoms with Crippen LogP contribution in [0.3, 0.4) is 0 Å². The lowest BCUT2D eigenvalue weighted by Gasteiger charge is -2.31. The Kier molecular flexibility index (Phi) is 8.17. The summed E-state index contributed by atoms with van der Waals surface area (Å²) in [4.78, 5) is 27.5. The predicted molar refractivity (Wildman–Crippen MR) is 136 cm³/mol. The van der Waals surface area contributed by atoms with Gasteiger partial charge in [0, 0.05) is 23.5 Å². The molecule has 34 heavy (non-hydrogen) atoms. The molecule has 0 unspecified atom stereocenters. The van der Waals surface area contributed by atoms with Crippen molar-refractivity contribution in [3.63, 3.8) is 0 Å². The predicted octanol–water partition coefficient (Wildman–Crippen LogP) is 3.81. The Bertz CT molecular complexity index is 1290. The molecule has 3 aromatic rings. The third kappa shape index (κ3) is 6.07. The van der Waals surface area contributed by atoms with Crippen molar-refractivity contribution in [2.75, 3.05) is 23.7 Å². The van der Waals surface area contributed by atoms with E-state index in [1.165, 1.54) is 4.90 Å². The SMILES string of the molecule is CCNC(=O)[C@@H](C)N(Cc1cccc(Cl)c1)C(=O)CN(c1cccc2ccccc12)S(C)(=O)=O. The number of likely N-dealkylation sites (N-methyl/N-ethyl adjacent to an activating group) is 1. The molecular formula is C25H28ClN3O4S. The number of nitrogens with zero attached hydrogens (tertiary/aromatic N) is 2. The number of hydrogen-bond acceptors (Lipinski definition) is 4. The third-order valence-electron chi connectivity index (χ3n) is 5.47. The molecule has 0 spiro atoms. The number of nitrogens with one attached hydrogen (secondary N) is 1. The van der Waals surface area contributed by atoms with Crippen molar-refractivity contribution in [1.29, 1.82) is 0 Å². The van der Waals surface area contributed by atoms with E-state index in [9.17, 15) is 18.0 Å². The second-order valence-corrected chi connectivity index (χ2v) is 10.3. The van der Waals surface area contributed by atoms with Crippen LogP contribution in [0.4, 0.5) is 5.69 Å². The Labute approximate surface area is 205 Å². The minimum Gasteiger partial charge on any atom is -0.355 e. The minimum atomic E-state index is -3.81. The molecule has 1 atom stereocenters. The highest BCUT2D eigenvalue weighted by Crippen LogP contribution is 2.28. The van der Waals surface area contributed by atoms with Crippen molar-refractivity contribution in [3.05, 3.63) is 77.3 Å². The number of anilines is 1. The number of amides is 2. The monoisotopic (exact) mass is 501 g/mol. The van der Waals surface area contributed by atoms with E-state index in [2.05, 4.69) is 5.32 Å². The number of halogens is 1. The average molecular weight is 502 g/mol. The fraction of sp³-hybridized carbons (Fsp3) is 0.280. The Morgan fingerprint density at radius 3 is 2.38 bits per heavy atom. The minimum absolute atomic E-state index is 0.102. The number of benzene rings is 3. The van der Waals surface area contributed by atoms with Gasteiger partial charge in [0.15, 0.2) is 0 Å². The summed E-state index contributed by atoms with van der Waals surface area (Å²) < 4.78 is 26.7. The van der Waals surface area contributed by atoms with Crippen molar-refractivity contribution in [2.24, 2.45) is 0 Å². The second kappa shape index (κ2) is 10.9. The van der Waals surface area contributed by atoms with Crippen LogP contribution in [-0.4, -0.2) is 50.5 Å². The van der Waals surface area contributed by atoms with E-state index in [-0.39, 0.29) is 12.5 Å². The first kappa shape index (κ1) is 25.5. The van der Waals surface area contributed by atoms with Gasteiger partial charge in [0.25, 0.3) is 0 Å². The number of sulfonamides is 1. The maximum absolute atomic E-state index is 13.6. The van der Waals surface area contributed by atoms with Gasteiger partial charge in [-0.2, -0.15) is 0 Å². The number of rotatable bonds is 9. The van der Waals surface area contributed by atoms with Crippen molar-refractivity contribution >= 4 is 49.9 Å². The largest absolute Gasteiger partial charge is 0.355 e. The van der Waals surface area contributed by atoms with Crippen LogP contribution >= 0.6 is 11.6 Å². The van der Waals surface area contributed by atoms with Crippen LogP contribution in [0.15, 0.2) is 66.7 Å². The molecule has 0 aliphatic rings. The van der Waals surface area contributed by atoms with Gasteiger partial charge in [-0.15, -0.1) is 0 Å². The molecule has 180 valence electrons. The molecular weight excluding hydrogens is 474 g/mol. The average Bonchev–Trinajstić information content (AvgIpc) is 2.79. The number of carbonyl (C=O) groups excluding carboxylic acids is 2. The van der Waals surface area contributed by atoms with E-state index < -0.39 is 28.5 Å². The van der Waals surface area contributed by atoms with Gasteiger partial charge in [0.1, 0.15) is 12.6 Å². The molecule has 3 aromatic carbocycles. The molecule has 0 saturated carbocycles. The van der Waals surface area contributed by atoms with Crippen LogP contribution in [0.1, 0.15) is 19.4 Å². The Balaban J connectivity index is 2.00.